The minimum Gasteiger partial charge on any atom is -0.431 e. The lowest BCUT2D eigenvalue weighted by atomic mass is 10.3. The summed E-state index contributed by atoms with van der Waals surface area (Å²) in [6.45, 7) is 2.03. The molecule has 0 unspecified atom stereocenters. The van der Waals surface area contributed by atoms with E-state index in [1.807, 2.05) is 31.2 Å². The van der Waals surface area contributed by atoms with E-state index in [-0.39, 0.29) is 23.7 Å². The lowest BCUT2D eigenvalue weighted by Crippen LogP contribution is -2.33. The highest BCUT2D eigenvalue weighted by atomic mass is 32.2. The third-order valence-electron chi connectivity index (χ3n) is 3.47. The number of thioether (sulfide) groups is 1. The number of fused-ring (bicyclic) bond motifs is 1. The van der Waals surface area contributed by atoms with Gasteiger partial charge in [-0.25, -0.2) is 4.98 Å². The molecular weight excluding hydrogens is 344 g/mol. The molecule has 0 aliphatic heterocycles. The van der Waals surface area contributed by atoms with Crippen molar-refractivity contribution in [3.8, 4) is 0 Å². The minimum atomic E-state index is -0.300. The Morgan fingerprint density at radius 3 is 2.92 bits per heavy atom. The van der Waals surface area contributed by atoms with Gasteiger partial charge in [0.05, 0.1) is 5.25 Å². The molecule has 1 amide bonds. The number of hydrogen-bond donors (Lipinski definition) is 2. The largest absolute Gasteiger partial charge is 0.431 e. The van der Waals surface area contributed by atoms with Crippen molar-refractivity contribution in [1.29, 1.82) is 0 Å². The Balaban J connectivity index is 1.53. The summed E-state index contributed by atoms with van der Waals surface area (Å²) in [4.78, 5) is 20.7. The van der Waals surface area contributed by atoms with Crippen LogP contribution in [0.1, 0.15) is 25.1 Å². The summed E-state index contributed by atoms with van der Waals surface area (Å²) >= 11 is 1.30. The van der Waals surface area contributed by atoms with Gasteiger partial charge in [0.15, 0.2) is 11.4 Å². The molecule has 0 saturated heterocycles. The zero-order valence-corrected chi connectivity index (χ0v) is 14.5. The fraction of sp³-hybridized carbons (Fsp3) is 0.375. The predicted molar refractivity (Wildman–Crippen MR) is 90.9 cm³/mol. The second-order valence-electron chi connectivity index (χ2n) is 5.27. The van der Waals surface area contributed by atoms with E-state index >= 15 is 0 Å². The molecule has 0 fully saturated rings. The molecule has 8 nitrogen and oxygen atoms in total. The highest BCUT2D eigenvalue weighted by molar-refractivity contribution is 8.00. The molecule has 25 heavy (non-hydrogen) atoms. The van der Waals surface area contributed by atoms with Gasteiger partial charge in [0.1, 0.15) is 12.1 Å². The van der Waals surface area contributed by atoms with Gasteiger partial charge in [-0.2, -0.15) is 4.98 Å². The third-order valence-corrected chi connectivity index (χ3v) is 4.68. The summed E-state index contributed by atoms with van der Waals surface area (Å²) in [5, 5.41) is 15.6. The number of aliphatic hydroxyl groups is 1. The van der Waals surface area contributed by atoms with Gasteiger partial charge in [-0.15, -0.1) is 0 Å². The Bertz CT molecular complexity index is 814. The number of para-hydroxylation sites is 2. The molecule has 0 spiro atoms. The number of oxazole rings is 1. The number of nitrogens with one attached hydrogen (secondary N) is 1. The quantitative estimate of drug-likeness (QED) is 0.584. The second-order valence-corrected chi connectivity index (χ2v) is 6.42. The molecule has 2 N–H and O–H groups in total. The van der Waals surface area contributed by atoms with Crippen molar-refractivity contribution >= 4 is 28.8 Å². The van der Waals surface area contributed by atoms with Gasteiger partial charge in [0.25, 0.3) is 11.1 Å². The van der Waals surface area contributed by atoms with Crippen LogP contribution in [0.15, 0.2) is 38.4 Å². The molecule has 9 heteroatoms. The molecule has 2 aromatic heterocycles. The monoisotopic (exact) mass is 362 g/mol. The number of amides is 1. The molecule has 3 rings (SSSR count). The van der Waals surface area contributed by atoms with Gasteiger partial charge in [0, 0.05) is 13.0 Å². The van der Waals surface area contributed by atoms with Crippen LogP contribution in [0.5, 0.6) is 0 Å². The number of aromatic nitrogens is 3. The Hall–Kier alpha value is -2.39. The van der Waals surface area contributed by atoms with Gasteiger partial charge >= 0.3 is 0 Å². The second kappa shape index (κ2) is 8.13. The predicted octanol–water partition coefficient (Wildman–Crippen LogP) is 1.93. The highest BCUT2D eigenvalue weighted by Crippen LogP contribution is 2.28. The molecule has 0 saturated carbocycles. The molecule has 132 valence electrons. The smallest absolute Gasteiger partial charge is 0.257 e. The van der Waals surface area contributed by atoms with E-state index in [0.29, 0.717) is 36.0 Å². The lowest BCUT2D eigenvalue weighted by molar-refractivity contribution is -0.120. The molecule has 1 aromatic carbocycles. The average Bonchev–Trinajstić information content (AvgIpc) is 3.25. The molecule has 1 atom stereocenters. The first kappa shape index (κ1) is 17.4. The van der Waals surface area contributed by atoms with Gasteiger partial charge in [-0.1, -0.05) is 36.0 Å². The van der Waals surface area contributed by atoms with Crippen molar-refractivity contribution in [2.45, 2.75) is 36.8 Å². The van der Waals surface area contributed by atoms with Crippen LogP contribution in [0.25, 0.3) is 11.1 Å². The molecule has 0 aliphatic carbocycles. The van der Waals surface area contributed by atoms with Crippen molar-refractivity contribution in [2.24, 2.45) is 0 Å². The Morgan fingerprint density at radius 1 is 1.36 bits per heavy atom. The van der Waals surface area contributed by atoms with Gasteiger partial charge in [0.2, 0.25) is 5.91 Å². The third kappa shape index (κ3) is 4.37. The van der Waals surface area contributed by atoms with E-state index < -0.39 is 0 Å². The van der Waals surface area contributed by atoms with Crippen LogP contribution in [-0.4, -0.2) is 37.9 Å². The van der Waals surface area contributed by atoms with Crippen LogP contribution in [0.3, 0.4) is 0 Å². The first-order chi connectivity index (χ1) is 12.2. The number of hydrogen-bond acceptors (Lipinski definition) is 8. The zero-order chi connectivity index (χ0) is 17.6. The Kier molecular flexibility index (Phi) is 5.67. The maximum atomic E-state index is 12.3. The summed E-state index contributed by atoms with van der Waals surface area (Å²) in [7, 11) is 0. The van der Waals surface area contributed by atoms with Gasteiger partial charge in [-0.3, -0.25) is 4.79 Å². The molecule has 0 aliphatic rings. The lowest BCUT2D eigenvalue weighted by Gasteiger charge is -2.12. The minimum absolute atomic E-state index is 0.0966. The zero-order valence-electron chi connectivity index (χ0n) is 13.6. The number of benzene rings is 1. The summed E-state index contributed by atoms with van der Waals surface area (Å²) in [5.41, 5.74) is 1.48. The Morgan fingerprint density at radius 2 is 2.20 bits per heavy atom. The first-order valence-electron chi connectivity index (χ1n) is 7.92. The molecule has 3 aromatic rings. The molecule has 2 heterocycles. The standard InChI is InChI=1S/C16H18N4O4S/c1-2-12(25-16-18-10-5-3-4-6-11(10)23-16)15(22)17-8-7-13-19-14(9-21)24-20-13/h3-6,12,21H,2,7-9H2,1H3,(H,17,22)/t12-/m1/s1. The fourth-order valence-electron chi connectivity index (χ4n) is 2.21. The van der Waals surface area contributed by atoms with Gasteiger partial charge in [-0.05, 0) is 18.6 Å². The number of carbonyl (C=O) groups excluding carboxylic acids is 1. The normalized spacial score (nSPS) is 12.4. The number of aliphatic hydroxyl groups excluding tert-OH is 1. The van der Waals surface area contributed by atoms with Gasteiger partial charge < -0.3 is 19.4 Å². The topological polar surface area (TPSA) is 114 Å². The van der Waals surface area contributed by atoms with Crippen LogP contribution in [0.2, 0.25) is 0 Å². The van der Waals surface area contributed by atoms with E-state index in [1.54, 1.807) is 0 Å². The number of carbonyl (C=O) groups is 1. The number of nitrogens with zero attached hydrogens (tertiary/aromatic N) is 3. The molecule has 0 radical (unpaired) electrons. The van der Waals surface area contributed by atoms with Crippen LogP contribution in [-0.2, 0) is 17.8 Å². The fourth-order valence-corrected chi connectivity index (χ4v) is 3.10. The maximum Gasteiger partial charge on any atom is 0.257 e. The summed E-state index contributed by atoms with van der Waals surface area (Å²) in [6.07, 6.45) is 1.07. The van der Waals surface area contributed by atoms with E-state index in [4.69, 9.17) is 14.0 Å². The average molecular weight is 362 g/mol. The molecule has 0 bridgehead atoms. The van der Waals surface area contributed by atoms with E-state index in [0.717, 1.165) is 5.52 Å². The van der Waals surface area contributed by atoms with Crippen LogP contribution < -0.4 is 5.32 Å². The van der Waals surface area contributed by atoms with Crippen molar-refractivity contribution < 1.29 is 18.8 Å². The van der Waals surface area contributed by atoms with Crippen molar-refractivity contribution in [3.63, 3.8) is 0 Å². The van der Waals surface area contributed by atoms with Crippen molar-refractivity contribution in [3.05, 3.63) is 36.0 Å². The molecular formula is C16H18N4O4S. The van der Waals surface area contributed by atoms with Crippen LogP contribution in [0.4, 0.5) is 0 Å². The summed E-state index contributed by atoms with van der Waals surface area (Å²) < 4.78 is 10.5. The van der Waals surface area contributed by atoms with E-state index in [2.05, 4.69) is 20.4 Å². The SMILES string of the molecule is CC[C@@H](Sc1nc2ccccc2o1)C(=O)NCCc1noc(CO)n1. The van der Waals surface area contributed by atoms with E-state index in [1.165, 1.54) is 11.8 Å². The van der Waals surface area contributed by atoms with Crippen molar-refractivity contribution in [2.75, 3.05) is 6.54 Å². The summed E-state index contributed by atoms with van der Waals surface area (Å²) in [5.74, 6) is 0.518. The highest BCUT2D eigenvalue weighted by Gasteiger charge is 2.21. The van der Waals surface area contributed by atoms with Crippen molar-refractivity contribution in [1.82, 2.24) is 20.4 Å². The number of rotatable bonds is 8. The van der Waals surface area contributed by atoms with E-state index in [9.17, 15) is 4.79 Å². The summed E-state index contributed by atoms with van der Waals surface area (Å²) in [6, 6.07) is 7.49. The Labute approximate surface area is 148 Å². The first-order valence-corrected chi connectivity index (χ1v) is 8.79. The van der Waals surface area contributed by atoms with Crippen LogP contribution >= 0.6 is 11.8 Å². The maximum absolute atomic E-state index is 12.3. The van der Waals surface area contributed by atoms with Crippen LogP contribution in [0, 0.1) is 0 Å².